The summed E-state index contributed by atoms with van der Waals surface area (Å²) >= 11 is 0. The third-order valence-corrected chi connectivity index (χ3v) is 2.98. The summed E-state index contributed by atoms with van der Waals surface area (Å²) in [7, 11) is 1.32. The molecule has 0 bridgehead atoms. The lowest BCUT2D eigenvalue weighted by Crippen LogP contribution is -2.18. The maximum Gasteiger partial charge on any atom is 0.420 e. The first-order valence-electron chi connectivity index (χ1n) is 7.06. The number of alkyl halides is 3. The van der Waals surface area contributed by atoms with Crippen LogP contribution in [0, 0.1) is 10.1 Å². The molecule has 0 aliphatic heterocycles. The van der Waals surface area contributed by atoms with Crippen LogP contribution >= 0.6 is 0 Å². The van der Waals surface area contributed by atoms with Crippen molar-refractivity contribution in [1.82, 2.24) is 0 Å². The summed E-state index contributed by atoms with van der Waals surface area (Å²) in [4.78, 5) is 21.4. The predicted octanol–water partition coefficient (Wildman–Crippen LogP) is 3.38. The van der Waals surface area contributed by atoms with E-state index in [0.29, 0.717) is 12.5 Å². The van der Waals surface area contributed by atoms with E-state index in [0.717, 1.165) is 12.5 Å². The number of nitrogens with zero attached hydrogens (tertiary/aromatic N) is 1. The van der Waals surface area contributed by atoms with Gasteiger partial charge < -0.3 is 14.8 Å². The van der Waals surface area contributed by atoms with E-state index in [2.05, 4.69) is 5.32 Å². The summed E-state index contributed by atoms with van der Waals surface area (Å²) < 4.78 is 48.8. The maximum absolute atomic E-state index is 13.1. The standard InChI is InChI=1S/C14H17F3N2O5/c1-3-4-5-23-13(20)8-24-12-7-10(18-2)11(19(21)22)6-9(12)14(15,16)17/h6-7,18H,3-5,8H2,1-2H3. The van der Waals surface area contributed by atoms with E-state index in [1.54, 1.807) is 0 Å². The molecular formula is C14H17F3N2O5. The van der Waals surface area contributed by atoms with E-state index < -0.39 is 40.7 Å². The highest BCUT2D eigenvalue weighted by Gasteiger charge is 2.37. The topological polar surface area (TPSA) is 90.7 Å². The second-order valence-corrected chi connectivity index (χ2v) is 4.73. The van der Waals surface area contributed by atoms with Gasteiger partial charge in [0.1, 0.15) is 17.0 Å². The van der Waals surface area contributed by atoms with E-state index in [1.807, 2.05) is 6.92 Å². The number of halogens is 3. The summed E-state index contributed by atoms with van der Waals surface area (Å²) in [6.45, 7) is 1.30. The third kappa shape index (κ3) is 5.28. The molecule has 1 N–H and O–H groups in total. The van der Waals surface area contributed by atoms with Crippen LogP contribution in [-0.4, -0.2) is 31.2 Å². The summed E-state index contributed by atoms with van der Waals surface area (Å²) in [6.07, 6.45) is -3.46. The zero-order valence-electron chi connectivity index (χ0n) is 13.1. The Morgan fingerprint density at radius 3 is 2.54 bits per heavy atom. The first-order valence-corrected chi connectivity index (χ1v) is 7.06. The molecule has 0 atom stereocenters. The molecule has 0 aliphatic rings. The number of anilines is 1. The smallest absolute Gasteiger partial charge is 0.420 e. The summed E-state index contributed by atoms with van der Waals surface area (Å²) in [5, 5.41) is 13.3. The van der Waals surface area contributed by atoms with Gasteiger partial charge in [-0.3, -0.25) is 10.1 Å². The Morgan fingerprint density at radius 2 is 2.04 bits per heavy atom. The van der Waals surface area contributed by atoms with Crippen LogP contribution < -0.4 is 10.1 Å². The monoisotopic (exact) mass is 350 g/mol. The summed E-state index contributed by atoms with van der Waals surface area (Å²) in [5.41, 5.74) is -2.25. The second kappa shape index (κ2) is 8.37. The van der Waals surface area contributed by atoms with Crippen molar-refractivity contribution >= 4 is 17.3 Å². The highest BCUT2D eigenvalue weighted by Crippen LogP contribution is 2.41. The normalized spacial score (nSPS) is 11.0. The fourth-order valence-corrected chi connectivity index (χ4v) is 1.77. The number of rotatable bonds is 8. The third-order valence-electron chi connectivity index (χ3n) is 2.98. The van der Waals surface area contributed by atoms with Crippen LogP contribution in [0.5, 0.6) is 5.75 Å². The van der Waals surface area contributed by atoms with Crippen LogP contribution in [0.3, 0.4) is 0 Å². The van der Waals surface area contributed by atoms with Gasteiger partial charge in [-0.15, -0.1) is 0 Å². The van der Waals surface area contributed by atoms with Crippen molar-refractivity contribution in [1.29, 1.82) is 0 Å². The van der Waals surface area contributed by atoms with Crippen LogP contribution in [-0.2, 0) is 15.7 Å². The van der Waals surface area contributed by atoms with Crippen molar-refractivity contribution in [2.45, 2.75) is 25.9 Å². The van der Waals surface area contributed by atoms with Gasteiger partial charge in [-0.2, -0.15) is 13.2 Å². The minimum absolute atomic E-state index is 0.146. The van der Waals surface area contributed by atoms with E-state index in [1.165, 1.54) is 7.05 Å². The second-order valence-electron chi connectivity index (χ2n) is 4.73. The van der Waals surface area contributed by atoms with Crippen molar-refractivity contribution in [3.05, 3.63) is 27.8 Å². The Labute approximate surface area is 135 Å². The average Bonchev–Trinajstić information content (AvgIpc) is 2.51. The number of carbonyl (C=O) groups is 1. The van der Waals surface area contributed by atoms with Crippen molar-refractivity contribution in [2.75, 3.05) is 25.6 Å². The Kier molecular flexibility index (Phi) is 6.81. The largest absolute Gasteiger partial charge is 0.481 e. The first-order chi connectivity index (χ1) is 11.2. The number of ether oxygens (including phenoxy) is 2. The lowest BCUT2D eigenvalue weighted by atomic mass is 10.1. The number of carbonyl (C=O) groups excluding carboxylic acids is 1. The van der Waals surface area contributed by atoms with Gasteiger partial charge >= 0.3 is 12.1 Å². The summed E-state index contributed by atoms with van der Waals surface area (Å²) in [5.74, 6) is -1.51. The first kappa shape index (κ1) is 19.5. The van der Waals surface area contributed by atoms with Crippen LogP contribution in [0.15, 0.2) is 12.1 Å². The quantitative estimate of drug-likeness (QED) is 0.334. The molecule has 0 saturated carbocycles. The van der Waals surface area contributed by atoms with Crippen molar-refractivity contribution < 1.29 is 32.4 Å². The maximum atomic E-state index is 13.1. The zero-order chi connectivity index (χ0) is 18.3. The molecule has 0 unspecified atom stereocenters. The number of hydrogen-bond acceptors (Lipinski definition) is 6. The fourth-order valence-electron chi connectivity index (χ4n) is 1.77. The molecule has 1 aromatic rings. The van der Waals surface area contributed by atoms with Gasteiger partial charge in [0.2, 0.25) is 0 Å². The highest BCUT2D eigenvalue weighted by molar-refractivity contribution is 5.72. The molecule has 7 nitrogen and oxygen atoms in total. The van der Waals surface area contributed by atoms with Crippen molar-refractivity contribution in [2.24, 2.45) is 0 Å². The molecule has 0 fully saturated rings. The predicted molar refractivity (Wildman–Crippen MR) is 79.0 cm³/mol. The van der Waals surface area contributed by atoms with Gasteiger partial charge in [-0.1, -0.05) is 13.3 Å². The number of hydrogen-bond donors (Lipinski definition) is 1. The zero-order valence-corrected chi connectivity index (χ0v) is 13.1. The summed E-state index contributed by atoms with van der Waals surface area (Å²) in [6, 6.07) is 1.20. The number of esters is 1. The van der Waals surface area contributed by atoms with Crippen LogP contribution in [0.2, 0.25) is 0 Å². The van der Waals surface area contributed by atoms with E-state index in [4.69, 9.17) is 9.47 Å². The Hall–Kier alpha value is -2.52. The molecule has 0 aromatic heterocycles. The van der Waals surface area contributed by atoms with Crippen LogP contribution in [0.4, 0.5) is 24.5 Å². The number of benzene rings is 1. The molecule has 0 saturated heterocycles. The molecule has 0 amide bonds. The molecule has 1 aromatic carbocycles. The number of nitrogens with one attached hydrogen (secondary N) is 1. The minimum Gasteiger partial charge on any atom is -0.481 e. The van der Waals surface area contributed by atoms with Gasteiger partial charge in [0.15, 0.2) is 6.61 Å². The molecular weight excluding hydrogens is 333 g/mol. The van der Waals surface area contributed by atoms with Crippen LogP contribution in [0.1, 0.15) is 25.3 Å². The number of nitro benzene ring substituents is 1. The Morgan fingerprint density at radius 1 is 1.38 bits per heavy atom. The average molecular weight is 350 g/mol. The molecule has 1 rings (SSSR count). The highest BCUT2D eigenvalue weighted by atomic mass is 19.4. The van der Waals surface area contributed by atoms with E-state index in [9.17, 15) is 28.1 Å². The number of nitro groups is 1. The molecule has 0 radical (unpaired) electrons. The lowest BCUT2D eigenvalue weighted by Gasteiger charge is -2.15. The molecule has 0 aliphatic carbocycles. The SMILES string of the molecule is CCCCOC(=O)COc1cc(NC)c([N+](=O)[O-])cc1C(F)(F)F. The molecule has 134 valence electrons. The molecule has 24 heavy (non-hydrogen) atoms. The van der Waals surface area contributed by atoms with Gasteiger partial charge in [-0.05, 0) is 6.42 Å². The van der Waals surface area contributed by atoms with Crippen molar-refractivity contribution in [3.8, 4) is 5.75 Å². The van der Waals surface area contributed by atoms with Crippen molar-refractivity contribution in [3.63, 3.8) is 0 Å². The minimum atomic E-state index is -4.88. The van der Waals surface area contributed by atoms with Gasteiger partial charge in [-0.25, -0.2) is 4.79 Å². The molecule has 10 heteroatoms. The Balaban J connectivity index is 3.03. The lowest BCUT2D eigenvalue weighted by molar-refractivity contribution is -0.384. The van der Waals surface area contributed by atoms with Gasteiger partial charge in [0, 0.05) is 19.2 Å². The van der Waals surface area contributed by atoms with Gasteiger partial charge in [0.25, 0.3) is 5.69 Å². The molecule has 0 heterocycles. The van der Waals surface area contributed by atoms with E-state index in [-0.39, 0.29) is 12.3 Å². The number of unbranched alkanes of at least 4 members (excludes halogenated alkanes) is 1. The molecule has 0 spiro atoms. The Bertz CT molecular complexity index is 605. The van der Waals surface area contributed by atoms with Crippen LogP contribution in [0.25, 0.3) is 0 Å². The fraction of sp³-hybridized carbons (Fsp3) is 0.500. The van der Waals surface area contributed by atoms with Gasteiger partial charge in [0.05, 0.1) is 11.5 Å². The van der Waals surface area contributed by atoms with E-state index >= 15 is 0 Å².